The zero-order valence-corrected chi connectivity index (χ0v) is 11.8. The Bertz CT molecular complexity index is 348. The Balaban J connectivity index is 2.56. The molecular weight excluding hydrogens is 230 g/mol. The van der Waals surface area contributed by atoms with Crippen LogP contribution in [0.1, 0.15) is 37.4 Å². The largest absolute Gasteiger partial charge is 0.309 e. The minimum Gasteiger partial charge on any atom is -0.309 e. The van der Waals surface area contributed by atoms with Gasteiger partial charge in [0.2, 0.25) is 0 Å². The van der Waals surface area contributed by atoms with Crippen molar-refractivity contribution in [3.05, 3.63) is 35.4 Å². The first-order chi connectivity index (χ1) is 8.17. The van der Waals surface area contributed by atoms with E-state index in [-0.39, 0.29) is 0 Å². The number of hydrogen-bond donors (Lipinski definition) is 1. The van der Waals surface area contributed by atoms with E-state index < -0.39 is 10.8 Å². The van der Waals surface area contributed by atoms with Crippen LogP contribution in [0.3, 0.4) is 0 Å². The van der Waals surface area contributed by atoms with Crippen molar-refractivity contribution >= 4 is 10.8 Å². The van der Waals surface area contributed by atoms with Crippen LogP contribution in [0.4, 0.5) is 0 Å². The molecule has 0 aromatic heterocycles. The molecule has 0 saturated heterocycles. The summed E-state index contributed by atoms with van der Waals surface area (Å²) in [6, 6.07) is 9.16. The zero-order valence-electron chi connectivity index (χ0n) is 11.0. The van der Waals surface area contributed by atoms with Gasteiger partial charge < -0.3 is 5.32 Å². The highest BCUT2D eigenvalue weighted by Gasteiger charge is 2.08. The molecule has 0 radical (unpaired) electrons. The minimum atomic E-state index is -0.708. The summed E-state index contributed by atoms with van der Waals surface area (Å²) in [5.74, 6) is 0.726. The molecule has 0 aliphatic rings. The van der Waals surface area contributed by atoms with Gasteiger partial charge >= 0.3 is 0 Å². The van der Waals surface area contributed by atoms with Crippen LogP contribution in [0, 0.1) is 0 Å². The third-order valence-electron chi connectivity index (χ3n) is 2.98. The van der Waals surface area contributed by atoms with Crippen LogP contribution in [0.2, 0.25) is 0 Å². The molecule has 96 valence electrons. The van der Waals surface area contributed by atoms with Crippen LogP contribution < -0.4 is 5.32 Å². The van der Waals surface area contributed by atoms with Gasteiger partial charge in [0.1, 0.15) is 0 Å². The number of aryl methyl sites for hydroxylation is 1. The van der Waals surface area contributed by atoms with Crippen molar-refractivity contribution in [1.29, 1.82) is 0 Å². The molecule has 2 unspecified atom stereocenters. The number of rotatable bonds is 7. The van der Waals surface area contributed by atoms with Crippen molar-refractivity contribution in [1.82, 2.24) is 5.32 Å². The second-order valence-electron chi connectivity index (χ2n) is 4.29. The van der Waals surface area contributed by atoms with Crippen LogP contribution in [0.15, 0.2) is 24.3 Å². The van der Waals surface area contributed by atoms with Crippen molar-refractivity contribution in [2.24, 2.45) is 0 Å². The Hall–Kier alpha value is -0.670. The van der Waals surface area contributed by atoms with Crippen molar-refractivity contribution in [3.63, 3.8) is 0 Å². The van der Waals surface area contributed by atoms with Gasteiger partial charge in [-0.25, -0.2) is 0 Å². The summed E-state index contributed by atoms with van der Waals surface area (Å²) in [5, 5.41) is 3.46. The van der Waals surface area contributed by atoms with Gasteiger partial charge in [-0.2, -0.15) is 0 Å². The molecule has 0 fully saturated rings. The topological polar surface area (TPSA) is 29.1 Å². The number of nitrogens with one attached hydrogen (secondary N) is 1. The normalized spacial score (nSPS) is 14.5. The summed E-state index contributed by atoms with van der Waals surface area (Å²) < 4.78 is 11.0. The highest BCUT2D eigenvalue weighted by Crippen LogP contribution is 2.17. The van der Waals surface area contributed by atoms with E-state index in [0.29, 0.717) is 6.04 Å². The maximum absolute atomic E-state index is 11.0. The van der Waals surface area contributed by atoms with E-state index in [0.717, 1.165) is 25.1 Å². The summed E-state index contributed by atoms with van der Waals surface area (Å²) >= 11 is 0. The molecule has 0 saturated carbocycles. The molecule has 1 rings (SSSR count). The Morgan fingerprint density at radius 3 is 2.35 bits per heavy atom. The van der Waals surface area contributed by atoms with Gasteiger partial charge in [-0.1, -0.05) is 38.1 Å². The van der Waals surface area contributed by atoms with Crippen LogP contribution >= 0.6 is 0 Å². The van der Waals surface area contributed by atoms with E-state index in [1.165, 1.54) is 11.1 Å². The lowest BCUT2D eigenvalue weighted by molar-refractivity contribution is 0.538. The summed E-state index contributed by atoms with van der Waals surface area (Å²) in [5.41, 5.74) is 2.70. The zero-order chi connectivity index (χ0) is 12.7. The lowest BCUT2D eigenvalue weighted by Gasteiger charge is -2.17. The first kappa shape index (κ1) is 14.4. The molecule has 0 bridgehead atoms. The predicted octanol–water partition coefficient (Wildman–Crippen LogP) is 2.67. The van der Waals surface area contributed by atoms with Crippen molar-refractivity contribution < 1.29 is 4.21 Å². The Morgan fingerprint density at radius 1 is 1.24 bits per heavy atom. The van der Waals surface area contributed by atoms with Crippen molar-refractivity contribution in [3.8, 4) is 0 Å². The van der Waals surface area contributed by atoms with Crippen LogP contribution in [0.25, 0.3) is 0 Å². The smallest absolute Gasteiger partial charge is 0.0357 e. The lowest BCUT2D eigenvalue weighted by atomic mass is 10.0. The van der Waals surface area contributed by atoms with E-state index in [1.807, 2.05) is 0 Å². The van der Waals surface area contributed by atoms with Gasteiger partial charge in [0.05, 0.1) is 0 Å². The van der Waals surface area contributed by atoms with E-state index in [1.54, 1.807) is 6.26 Å². The Labute approximate surface area is 107 Å². The van der Waals surface area contributed by atoms with Crippen molar-refractivity contribution in [2.45, 2.75) is 32.7 Å². The van der Waals surface area contributed by atoms with E-state index in [9.17, 15) is 4.21 Å². The summed E-state index contributed by atoms with van der Waals surface area (Å²) in [7, 11) is -0.708. The molecule has 1 aromatic carbocycles. The quantitative estimate of drug-likeness (QED) is 0.809. The molecule has 2 atom stereocenters. The molecule has 0 heterocycles. The predicted molar refractivity (Wildman–Crippen MR) is 75.8 cm³/mol. The summed E-state index contributed by atoms with van der Waals surface area (Å²) in [4.78, 5) is 0. The third kappa shape index (κ3) is 5.00. The fraction of sp³-hybridized carbons (Fsp3) is 0.571. The second-order valence-corrected chi connectivity index (χ2v) is 5.84. The molecule has 1 N–H and O–H groups in total. The van der Waals surface area contributed by atoms with Crippen LogP contribution in [0.5, 0.6) is 0 Å². The van der Waals surface area contributed by atoms with Crippen molar-refractivity contribution in [2.75, 3.05) is 18.6 Å². The maximum atomic E-state index is 11.0. The van der Waals surface area contributed by atoms with E-state index in [2.05, 4.69) is 43.4 Å². The highest BCUT2D eigenvalue weighted by atomic mass is 32.2. The lowest BCUT2D eigenvalue weighted by Crippen LogP contribution is -2.25. The molecule has 0 amide bonds. The maximum Gasteiger partial charge on any atom is 0.0357 e. The number of benzene rings is 1. The van der Waals surface area contributed by atoms with Gasteiger partial charge in [0.25, 0.3) is 0 Å². The van der Waals surface area contributed by atoms with Gasteiger partial charge in [0, 0.05) is 35.4 Å². The van der Waals surface area contributed by atoms with Gasteiger partial charge in [-0.3, -0.25) is 4.21 Å². The fourth-order valence-electron chi connectivity index (χ4n) is 1.86. The molecule has 17 heavy (non-hydrogen) atoms. The molecular formula is C14H23NOS. The van der Waals surface area contributed by atoms with Crippen LogP contribution in [-0.2, 0) is 17.2 Å². The third-order valence-corrected chi connectivity index (χ3v) is 3.76. The van der Waals surface area contributed by atoms with Gasteiger partial charge in [0.15, 0.2) is 0 Å². The number of hydrogen-bond acceptors (Lipinski definition) is 2. The second kappa shape index (κ2) is 7.62. The summed E-state index contributed by atoms with van der Waals surface area (Å²) in [6.45, 7) is 5.16. The Kier molecular flexibility index (Phi) is 6.45. The first-order valence-electron chi connectivity index (χ1n) is 6.29. The summed E-state index contributed by atoms with van der Waals surface area (Å²) in [6.07, 6.45) is 3.89. The molecule has 0 spiro atoms. The van der Waals surface area contributed by atoms with E-state index in [4.69, 9.17) is 0 Å². The molecule has 0 aliphatic heterocycles. The van der Waals surface area contributed by atoms with Crippen LogP contribution in [-0.4, -0.2) is 22.8 Å². The monoisotopic (exact) mass is 253 g/mol. The molecule has 0 aliphatic carbocycles. The standard InChI is InChI=1S/C14H23NOS/c1-4-12-6-8-13(9-7-12)14(5-2)15-10-11-17(3)16/h6-9,14-15H,4-5,10-11H2,1-3H3. The van der Waals surface area contributed by atoms with Gasteiger partial charge in [-0.15, -0.1) is 0 Å². The van der Waals surface area contributed by atoms with Gasteiger partial charge in [-0.05, 0) is 24.0 Å². The van der Waals surface area contributed by atoms with E-state index >= 15 is 0 Å². The molecule has 1 aromatic rings. The highest BCUT2D eigenvalue weighted by molar-refractivity contribution is 7.84. The molecule has 3 heteroatoms. The minimum absolute atomic E-state index is 0.379. The average molecular weight is 253 g/mol. The SMILES string of the molecule is CCc1ccc(C(CC)NCCS(C)=O)cc1. The first-order valence-corrected chi connectivity index (χ1v) is 8.02. The Morgan fingerprint density at radius 2 is 1.88 bits per heavy atom. The average Bonchev–Trinajstić information content (AvgIpc) is 2.34. The molecule has 2 nitrogen and oxygen atoms in total. The fourth-order valence-corrected chi connectivity index (χ4v) is 2.27.